The molecule has 0 aliphatic carbocycles. The largest absolute Gasteiger partial charge is 0.481 e. The SMILES string of the molecule is C[C@H](Oc1ccc2c(-c3ccccc3Cl)ccnc2c1)C(=O)N1CCC[C@H](C(=O)O)C1. The van der Waals surface area contributed by atoms with E-state index < -0.39 is 18.0 Å². The molecular formula is C24H23ClN2O4. The van der Waals surface area contributed by atoms with Crippen LogP contribution in [0.15, 0.2) is 54.7 Å². The summed E-state index contributed by atoms with van der Waals surface area (Å²) < 4.78 is 5.90. The van der Waals surface area contributed by atoms with Gasteiger partial charge in [0.25, 0.3) is 5.91 Å². The van der Waals surface area contributed by atoms with Crippen molar-refractivity contribution in [2.75, 3.05) is 13.1 Å². The standard InChI is InChI=1S/C24H23ClN2O4/c1-15(23(28)27-12-4-5-16(14-27)24(29)30)31-17-8-9-20-18(10-11-26-22(20)13-17)19-6-2-3-7-21(19)25/h2-3,6-11,13,15-16H,4-5,12,14H2,1H3,(H,29,30)/t15-,16-/m0/s1. The molecule has 1 aliphatic heterocycles. The van der Waals surface area contributed by atoms with Gasteiger partial charge in [-0.2, -0.15) is 0 Å². The van der Waals surface area contributed by atoms with E-state index in [1.807, 2.05) is 42.5 Å². The summed E-state index contributed by atoms with van der Waals surface area (Å²) in [6.45, 7) is 2.46. The van der Waals surface area contributed by atoms with Crippen molar-refractivity contribution in [3.8, 4) is 16.9 Å². The zero-order valence-corrected chi connectivity index (χ0v) is 17.9. The first-order chi connectivity index (χ1) is 14.9. The highest BCUT2D eigenvalue weighted by Crippen LogP contribution is 2.34. The monoisotopic (exact) mass is 438 g/mol. The molecule has 1 aliphatic rings. The minimum Gasteiger partial charge on any atom is -0.481 e. The molecular weight excluding hydrogens is 416 g/mol. The van der Waals surface area contributed by atoms with Gasteiger partial charge in [0.1, 0.15) is 5.75 Å². The number of aliphatic carboxylic acids is 1. The summed E-state index contributed by atoms with van der Waals surface area (Å²) >= 11 is 6.37. The highest BCUT2D eigenvalue weighted by molar-refractivity contribution is 6.33. The Bertz CT molecular complexity index is 1130. The van der Waals surface area contributed by atoms with Crippen LogP contribution in [0.5, 0.6) is 5.75 Å². The van der Waals surface area contributed by atoms with Gasteiger partial charge in [0.15, 0.2) is 6.10 Å². The Balaban J connectivity index is 1.53. The molecule has 3 aromatic rings. The second-order valence-corrected chi connectivity index (χ2v) is 8.15. The van der Waals surface area contributed by atoms with Crippen molar-refractivity contribution < 1.29 is 19.4 Å². The summed E-state index contributed by atoms with van der Waals surface area (Å²) in [5.41, 5.74) is 2.63. The average Bonchev–Trinajstić information content (AvgIpc) is 2.78. The Morgan fingerprint density at radius 1 is 1.19 bits per heavy atom. The van der Waals surface area contributed by atoms with Crippen LogP contribution in [0.1, 0.15) is 19.8 Å². The predicted octanol–water partition coefficient (Wildman–Crippen LogP) is 4.65. The van der Waals surface area contributed by atoms with Crippen LogP contribution < -0.4 is 4.74 Å². The molecule has 2 atom stereocenters. The average molecular weight is 439 g/mol. The van der Waals surface area contributed by atoms with E-state index in [-0.39, 0.29) is 12.5 Å². The number of aromatic nitrogens is 1. The summed E-state index contributed by atoms with van der Waals surface area (Å²) in [4.78, 5) is 30.1. The molecule has 0 spiro atoms. The van der Waals surface area contributed by atoms with Crippen molar-refractivity contribution >= 4 is 34.4 Å². The van der Waals surface area contributed by atoms with Crippen LogP contribution >= 0.6 is 11.6 Å². The van der Waals surface area contributed by atoms with E-state index in [0.717, 1.165) is 22.0 Å². The number of pyridine rings is 1. The second kappa shape index (κ2) is 8.94. The van der Waals surface area contributed by atoms with Crippen molar-refractivity contribution in [3.05, 3.63) is 59.8 Å². The Morgan fingerprint density at radius 3 is 2.77 bits per heavy atom. The zero-order chi connectivity index (χ0) is 22.0. The molecule has 7 heteroatoms. The van der Waals surface area contributed by atoms with Crippen molar-refractivity contribution in [2.45, 2.75) is 25.9 Å². The van der Waals surface area contributed by atoms with E-state index in [0.29, 0.717) is 30.2 Å². The Morgan fingerprint density at radius 2 is 2.00 bits per heavy atom. The number of rotatable bonds is 5. The van der Waals surface area contributed by atoms with Crippen LogP contribution in [0.25, 0.3) is 22.0 Å². The predicted molar refractivity (Wildman–Crippen MR) is 119 cm³/mol. The Labute approximate surface area is 185 Å². The topological polar surface area (TPSA) is 79.7 Å². The number of nitrogens with zero attached hydrogens (tertiary/aromatic N) is 2. The number of hydrogen-bond acceptors (Lipinski definition) is 4. The van der Waals surface area contributed by atoms with Crippen molar-refractivity contribution in [1.82, 2.24) is 9.88 Å². The fourth-order valence-corrected chi connectivity index (χ4v) is 4.24. The molecule has 1 fully saturated rings. The lowest BCUT2D eigenvalue weighted by Gasteiger charge is -2.32. The molecule has 6 nitrogen and oxygen atoms in total. The number of halogens is 1. The number of carboxylic acid groups (broad SMARTS) is 1. The third-order valence-corrected chi connectivity index (χ3v) is 5.95. The van der Waals surface area contributed by atoms with E-state index in [9.17, 15) is 14.7 Å². The first-order valence-electron chi connectivity index (χ1n) is 10.3. The summed E-state index contributed by atoms with van der Waals surface area (Å²) in [5.74, 6) is -1.05. The Kier molecular flexibility index (Phi) is 6.09. The molecule has 1 N–H and O–H groups in total. The Hall–Kier alpha value is -3.12. The maximum atomic E-state index is 12.8. The number of fused-ring (bicyclic) bond motifs is 1. The second-order valence-electron chi connectivity index (χ2n) is 7.74. The summed E-state index contributed by atoms with van der Waals surface area (Å²) in [6.07, 6.45) is 2.27. The molecule has 0 radical (unpaired) electrons. The van der Waals surface area contributed by atoms with Crippen molar-refractivity contribution in [3.63, 3.8) is 0 Å². The van der Waals surface area contributed by atoms with Crippen LogP contribution in [0.3, 0.4) is 0 Å². The van der Waals surface area contributed by atoms with Gasteiger partial charge in [0.05, 0.1) is 11.4 Å². The number of carbonyl (C=O) groups excluding carboxylic acids is 1. The van der Waals surface area contributed by atoms with E-state index in [1.165, 1.54) is 0 Å². The number of likely N-dealkylation sites (tertiary alicyclic amines) is 1. The molecule has 31 heavy (non-hydrogen) atoms. The van der Waals surface area contributed by atoms with E-state index in [2.05, 4.69) is 4.98 Å². The van der Waals surface area contributed by atoms with Crippen LogP contribution in [-0.2, 0) is 9.59 Å². The van der Waals surface area contributed by atoms with Gasteiger partial charge in [-0.25, -0.2) is 0 Å². The minimum absolute atomic E-state index is 0.205. The molecule has 4 rings (SSSR count). The number of carbonyl (C=O) groups is 2. The fraction of sp³-hybridized carbons (Fsp3) is 0.292. The molecule has 1 saturated heterocycles. The van der Waals surface area contributed by atoms with Gasteiger partial charge in [-0.1, -0.05) is 29.8 Å². The van der Waals surface area contributed by atoms with Crippen LogP contribution in [0, 0.1) is 5.92 Å². The third-order valence-electron chi connectivity index (χ3n) is 5.62. The number of carboxylic acids is 1. The highest BCUT2D eigenvalue weighted by atomic mass is 35.5. The summed E-state index contributed by atoms with van der Waals surface area (Å²) in [7, 11) is 0. The minimum atomic E-state index is -0.860. The van der Waals surface area contributed by atoms with Gasteiger partial charge in [-0.3, -0.25) is 14.6 Å². The smallest absolute Gasteiger partial charge is 0.308 e. The van der Waals surface area contributed by atoms with E-state index >= 15 is 0 Å². The van der Waals surface area contributed by atoms with Crippen LogP contribution in [-0.4, -0.2) is 46.1 Å². The molecule has 160 valence electrons. The normalized spacial score (nSPS) is 17.4. The molecule has 0 saturated carbocycles. The highest BCUT2D eigenvalue weighted by Gasteiger charge is 2.31. The maximum absolute atomic E-state index is 12.8. The number of benzene rings is 2. The van der Waals surface area contributed by atoms with Crippen molar-refractivity contribution in [2.24, 2.45) is 5.92 Å². The number of ether oxygens (including phenoxy) is 1. The van der Waals surface area contributed by atoms with Crippen molar-refractivity contribution in [1.29, 1.82) is 0 Å². The first-order valence-corrected chi connectivity index (χ1v) is 10.6. The molecule has 1 amide bonds. The van der Waals surface area contributed by atoms with E-state index in [1.54, 1.807) is 24.1 Å². The quantitative estimate of drug-likeness (QED) is 0.627. The maximum Gasteiger partial charge on any atom is 0.308 e. The van der Waals surface area contributed by atoms with Gasteiger partial charge in [0, 0.05) is 41.3 Å². The van der Waals surface area contributed by atoms with Gasteiger partial charge >= 0.3 is 5.97 Å². The zero-order valence-electron chi connectivity index (χ0n) is 17.1. The molecule has 0 unspecified atom stereocenters. The summed E-state index contributed by atoms with van der Waals surface area (Å²) in [5, 5.41) is 10.8. The fourth-order valence-electron chi connectivity index (χ4n) is 4.01. The molecule has 1 aromatic heterocycles. The van der Waals surface area contributed by atoms with E-state index in [4.69, 9.17) is 16.3 Å². The molecule has 0 bridgehead atoms. The van der Waals surface area contributed by atoms with Gasteiger partial charge in [-0.15, -0.1) is 0 Å². The third kappa shape index (κ3) is 4.49. The lowest BCUT2D eigenvalue weighted by molar-refractivity contribution is -0.147. The number of amides is 1. The number of piperidine rings is 1. The van der Waals surface area contributed by atoms with Gasteiger partial charge in [-0.05, 0) is 49.6 Å². The molecule has 2 heterocycles. The summed E-state index contributed by atoms with van der Waals surface area (Å²) in [6, 6.07) is 15.1. The molecule has 2 aromatic carbocycles. The van der Waals surface area contributed by atoms with Gasteiger partial charge < -0.3 is 14.7 Å². The van der Waals surface area contributed by atoms with Gasteiger partial charge in [0.2, 0.25) is 0 Å². The number of hydrogen-bond donors (Lipinski definition) is 1. The first kappa shape index (κ1) is 21.1. The van der Waals surface area contributed by atoms with Crippen LogP contribution in [0.4, 0.5) is 0 Å². The lowest BCUT2D eigenvalue weighted by atomic mass is 9.98. The lowest BCUT2D eigenvalue weighted by Crippen LogP contribution is -2.47. The van der Waals surface area contributed by atoms with Crippen LogP contribution in [0.2, 0.25) is 5.02 Å².